The average Bonchev–Trinajstić information content (AvgIpc) is 2.78. The summed E-state index contributed by atoms with van der Waals surface area (Å²) in [5, 5.41) is 0. The second-order valence-corrected chi connectivity index (χ2v) is 5.49. The van der Waals surface area contributed by atoms with Gasteiger partial charge in [0, 0.05) is 6.42 Å². The molecule has 3 rings (SSSR count). The first-order valence-corrected chi connectivity index (χ1v) is 7.57. The summed E-state index contributed by atoms with van der Waals surface area (Å²) in [4.78, 5) is 0. The molecule has 0 saturated carbocycles. The first-order valence-electron chi connectivity index (χ1n) is 7.57. The number of hydrogen-bond acceptors (Lipinski definition) is 4. The van der Waals surface area contributed by atoms with Gasteiger partial charge in [0.25, 0.3) is 0 Å². The summed E-state index contributed by atoms with van der Waals surface area (Å²) in [6.45, 7) is 3.83. The van der Waals surface area contributed by atoms with Gasteiger partial charge in [0.1, 0.15) is 12.4 Å². The van der Waals surface area contributed by atoms with Gasteiger partial charge in [0.05, 0.1) is 19.3 Å². The molecule has 0 spiro atoms. The lowest BCUT2D eigenvalue weighted by Crippen LogP contribution is -2.19. The van der Waals surface area contributed by atoms with Crippen LogP contribution in [0.25, 0.3) is 0 Å². The van der Waals surface area contributed by atoms with Crippen LogP contribution < -0.4 is 19.9 Å². The van der Waals surface area contributed by atoms with Crippen molar-refractivity contribution in [2.45, 2.75) is 19.4 Å². The number of hydrogen-bond donors (Lipinski definition) is 1. The third-order valence-corrected chi connectivity index (χ3v) is 3.65. The normalized spacial score (nSPS) is 15.0. The van der Waals surface area contributed by atoms with Crippen LogP contribution in [0.5, 0.6) is 17.2 Å². The molecule has 0 fully saturated rings. The minimum absolute atomic E-state index is 0.210. The Morgan fingerprint density at radius 2 is 1.77 bits per heavy atom. The average molecular weight is 299 g/mol. The third-order valence-electron chi connectivity index (χ3n) is 3.65. The molecule has 4 heteroatoms. The molecule has 1 aliphatic rings. The Labute approximate surface area is 130 Å². The van der Waals surface area contributed by atoms with E-state index in [0.717, 1.165) is 29.2 Å². The summed E-state index contributed by atoms with van der Waals surface area (Å²) in [6, 6.07) is 13.6. The SMILES string of the molecule is Cc1ccc(OCC(N)c2ccc3c(c2)OCCCO3)cc1. The monoisotopic (exact) mass is 299 g/mol. The van der Waals surface area contributed by atoms with Crippen molar-refractivity contribution in [2.75, 3.05) is 19.8 Å². The predicted molar refractivity (Wildman–Crippen MR) is 85.7 cm³/mol. The first-order chi connectivity index (χ1) is 10.7. The molecular formula is C18H21NO3. The van der Waals surface area contributed by atoms with Crippen LogP contribution in [0.1, 0.15) is 23.6 Å². The van der Waals surface area contributed by atoms with E-state index in [1.807, 2.05) is 49.4 Å². The van der Waals surface area contributed by atoms with E-state index in [-0.39, 0.29) is 6.04 Å². The van der Waals surface area contributed by atoms with Crippen molar-refractivity contribution in [1.29, 1.82) is 0 Å². The van der Waals surface area contributed by atoms with Crippen LogP contribution in [0, 0.1) is 6.92 Å². The van der Waals surface area contributed by atoms with Gasteiger partial charge in [-0.1, -0.05) is 23.8 Å². The lowest BCUT2D eigenvalue weighted by Gasteiger charge is -2.16. The number of benzene rings is 2. The summed E-state index contributed by atoms with van der Waals surface area (Å²) in [6.07, 6.45) is 0.895. The largest absolute Gasteiger partial charge is 0.492 e. The lowest BCUT2D eigenvalue weighted by atomic mass is 10.1. The molecule has 0 aromatic heterocycles. The first kappa shape index (κ1) is 14.7. The smallest absolute Gasteiger partial charge is 0.161 e. The second kappa shape index (κ2) is 6.71. The molecular weight excluding hydrogens is 278 g/mol. The fraction of sp³-hybridized carbons (Fsp3) is 0.333. The highest BCUT2D eigenvalue weighted by molar-refractivity contribution is 5.44. The quantitative estimate of drug-likeness (QED) is 0.941. The standard InChI is InChI=1S/C18H21NO3/c1-13-3-6-15(7-4-13)22-12-16(19)14-5-8-17-18(11-14)21-10-2-9-20-17/h3-8,11,16H,2,9-10,12,19H2,1H3. The minimum Gasteiger partial charge on any atom is -0.492 e. The zero-order valence-corrected chi connectivity index (χ0v) is 12.7. The molecule has 2 aromatic rings. The minimum atomic E-state index is -0.210. The molecule has 1 aliphatic heterocycles. The van der Waals surface area contributed by atoms with Crippen molar-refractivity contribution in [2.24, 2.45) is 5.73 Å². The van der Waals surface area contributed by atoms with E-state index < -0.39 is 0 Å². The van der Waals surface area contributed by atoms with Gasteiger partial charge in [0.2, 0.25) is 0 Å². The van der Waals surface area contributed by atoms with Crippen LogP contribution in [0.2, 0.25) is 0 Å². The van der Waals surface area contributed by atoms with E-state index >= 15 is 0 Å². The highest BCUT2D eigenvalue weighted by atomic mass is 16.5. The molecule has 0 radical (unpaired) electrons. The van der Waals surface area contributed by atoms with Crippen molar-refractivity contribution in [3.8, 4) is 17.2 Å². The third kappa shape index (κ3) is 3.52. The Bertz CT molecular complexity index is 625. The molecule has 0 amide bonds. The second-order valence-electron chi connectivity index (χ2n) is 5.49. The van der Waals surface area contributed by atoms with Crippen molar-refractivity contribution in [3.05, 3.63) is 53.6 Å². The molecule has 116 valence electrons. The van der Waals surface area contributed by atoms with Gasteiger partial charge in [-0.2, -0.15) is 0 Å². The van der Waals surface area contributed by atoms with Gasteiger partial charge in [-0.15, -0.1) is 0 Å². The topological polar surface area (TPSA) is 53.7 Å². The van der Waals surface area contributed by atoms with Gasteiger partial charge in [-0.05, 0) is 36.8 Å². The zero-order valence-electron chi connectivity index (χ0n) is 12.7. The van der Waals surface area contributed by atoms with E-state index in [0.29, 0.717) is 19.8 Å². The highest BCUT2D eigenvalue weighted by Crippen LogP contribution is 2.32. The van der Waals surface area contributed by atoms with Gasteiger partial charge in [-0.3, -0.25) is 0 Å². The zero-order chi connectivity index (χ0) is 15.4. The van der Waals surface area contributed by atoms with E-state index in [9.17, 15) is 0 Å². The van der Waals surface area contributed by atoms with Gasteiger partial charge >= 0.3 is 0 Å². The Kier molecular flexibility index (Phi) is 4.49. The van der Waals surface area contributed by atoms with Crippen LogP contribution in [0.3, 0.4) is 0 Å². The van der Waals surface area contributed by atoms with Crippen molar-refractivity contribution in [1.82, 2.24) is 0 Å². The molecule has 0 bridgehead atoms. The molecule has 1 heterocycles. The van der Waals surface area contributed by atoms with Crippen molar-refractivity contribution >= 4 is 0 Å². The summed E-state index contributed by atoms with van der Waals surface area (Å²) in [5.41, 5.74) is 8.41. The Balaban J connectivity index is 1.65. The molecule has 1 unspecified atom stereocenters. The van der Waals surface area contributed by atoms with E-state index in [2.05, 4.69) is 0 Å². The highest BCUT2D eigenvalue weighted by Gasteiger charge is 2.14. The molecule has 0 aliphatic carbocycles. The molecule has 2 N–H and O–H groups in total. The number of ether oxygens (including phenoxy) is 3. The summed E-state index contributed by atoms with van der Waals surface area (Å²) in [7, 11) is 0. The van der Waals surface area contributed by atoms with E-state index in [1.54, 1.807) is 0 Å². The molecule has 0 saturated heterocycles. The molecule has 2 aromatic carbocycles. The molecule has 4 nitrogen and oxygen atoms in total. The Morgan fingerprint density at radius 3 is 2.55 bits per heavy atom. The lowest BCUT2D eigenvalue weighted by molar-refractivity contribution is 0.289. The van der Waals surface area contributed by atoms with E-state index in [4.69, 9.17) is 19.9 Å². The van der Waals surface area contributed by atoms with Gasteiger partial charge in [-0.25, -0.2) is 0 Å². The van der Waals surface area contributed by atoms with Gasteiger partial charge < -0.3 is 19.9 Å². The van der Waals surface area contributed by atoms with Crippen LogP contribution in [0.15, 0.2) is 42.5 Å². The maximum Gasteiger partial charge on any atom is 0.161 e. The van der Waals surface area contributed by atoms with Crippen molar-refractivity contribution < 1.29 is 14.2 Å². The summed E-state index contributed by atoms with van der Waals surface area (Å²) in [5.74, 6) is 2.38. The maximum atomic E-state index is 6.22. The van der Waals surface area contributed by atoms with E-state index in [1.165, 1.54) is 5.56 Å². The fourth-order valence-electron chi connectivity index (χ4n) is 2.33. The van der Waals surface area contributed by atoms with Crippen LogP contribution in [-0.4, -0.2) is 19.8 Å². The predicted octanol–water partition coefficient (Wildman–Crippen LogP) is 3.24. The van der Waals surface area contributed by atoms with Crippen LogP contribution in [0.4, 0.5) is 0 Å². The van der Waals surface area contributed by atoms with Crippen LogP contribution in [-0.2, 0) is 0 Å². The Hall–Kier alpha value is -2.20. The van der Waals surface area contributed by atoms with Crippen LogP contribution >= 0.6 is 0 Å². The fourth-order valence-corrected chi connectivity index (χ4v) is 2.33. The van der Waals surface area contributed by atoms with Gasteiger partial charge in [0.15, 0.2) is 11.5 Å². The number of aryl methyl sites for hydroxylation is 1. The maximum absolute atomic E-state index is 6.22. The summed E-state index contributed by atoms with van der Waals surface area (Å²) >= 11 is 0. The summed E-state index contributed by atoms with van der Waals surface area (Å²) < 4.78 is 17.1. The van der Waals surface area contributed by atoms with Crippen molar-refractivity contribution in [3.63, 3.8) is 0 Å². The molecule has 1 atom stereocenters. The number of nitrogens with two attached hydrogens (primary N) is 1. The molecule has 22 heavy (non-hydrogen) atoms. The number of rotatable bonds is 4. The Morgan fingerprint density at radius 1 is 1.05 bits per heavy atom. The number of fused-ring (bicyclic) bond motifs is 1.